The minimum Gasteiger partial charge on any atom is -0.481 e. The molecule has 1 aliphatic rings. The van der Waals surface area contributed by atoms with Crippen molar-refractivity contribution in [2.24, 2.45) is 11.8 Å². The predicted molar refractivity (Wildman–Crippen MR) is 107 cm³/mol. The summed E-state index contributed by atoms with van der Waals surface area (Å²) in [6.45, 7) is 0. The number of hydrogen-bond acceptors (Lipinski definition) is 3. The summed E-state index contributed by atoms with van der Waals surface area (Å²) in [5, 5.41) is 29.1. The number of rotatable bonds is 11. The molecule has 4 nitrogen and oxygen atoms in total. The van der Waals surface area contributed by atoms with Crippen LogP contribution in [0.2, 0.25) is 0 Å². The number of allylic oxidation sites excluding steroid dienone is 3. The van der Waals surface area contributed by atoms with Crippen molar-refractivity contribution in [3.05, 3.63) is 60.2 Å². The first-order chi connectivity index (χ1) is 13.1. The summed E-state index contributed by atoms with van der Waals surface area (Å²) in [6.07, 6.45) is 13.0. The van der Waals surface area contributed by atoms with Crippen molar-refractivity contribution < 1.29 is 20.1 Å². The van der Waals surface area contributed by atoms with Gasteiger partial charge in [0, 0.05) is 6.42 Å². The lowest BCUT2D eigenvalue weighted by atomic mass is 9.90. The van der Waals surface area contributed by atoms with Crippen LogP contribution in [0.1, 0.15) is 50.5 Å². The zero-order chi connectivity index (χ0) is 19.5. The Kier molecular flexibility index (Phi) is 9.29. The van der Waals surface area contributed by atoms with Gasteiger partial charge in [-0.15, -0.1) is 0 Å². The van der Waals surface area contributed by atoms with Gasteiger partial charge in [0.25, 0.3) is 0 Å². The summed E-state index contributed by atoms with van der Waals surface area (Å²) in [5.41, 5.74) is 1.23. The number of carboxylic acids is 1. The van der Waals surface area contributed by atoms with E-state index in [4.69, 9.17) is 5.11 Å². The molecule has 27 heavy (non-hydrogen) atoms. The fourth-order valence-electron chi connectivity index (χ4n) is 3.72. The lowest BCUT2D eigenvalue weighted by molar-refractivity contribution is -0.137. The number of unbranched alkanes of at least 4 members (excludes halogenated alkanes) is 1. The predicted octanol–water partition coefficient (Wildman–Crippen LogP) is 4.12. The Hall–Kier alpha value is -1.91. The van der Waals surface area contributed by atoms with Crippen LogP contribution in [0.15, 0.2) is 54.6 Å². The second-order valence-corrected chi connectivity index (χ2v) is 7.44. The molecule has 0 aromatic heterocycles. The van der Waals surface area contributed by atoms with Gasteiger partial charge in [-0.25, -0.2) is 0 Å². The van der Waals surface area contributed by atoms with Crippen LogP contribution >= 0.6 is 0 Å². The van der Waals surface area contributed by atoms with Crippen molar-refractivity contribution in [1.82, 2.24) is 0 Å². The van der Waals surface area contributed by atoms with E-state index in [1.165, 1.54) is 5.56 Å². The van der Waals surface area contributed by atoms with Gasteiger partial charge in [-0.1, -0.05) is 54.6 Å². The van der Waals surface area contributed by atoms with Gasteiger partial charge in [0.2, 0.25) is 0 Å². The monoisotopic (exact) mass is 372 g/mol. The van der Waals surface area contributed by atoms with E-state index < -0.39 is 12.1 Å². The molecule has 4 unspecified atom stereocenters. The van der Waals surface area contributed by atoms with E-state index in [1.54, 1.807) is 0 Å². The van der Waals surface area contributed by atoms with Crippen molar-refractivity contribution in [1.29, 1.82) is 0 Å². The number of aliphatic hydroxyl groups excluding tert-OH is 2. The summed E-state index contributed by atoms with van der Waals surface area (Å²) >= 11 is 0. The molecule has 1 aromatic rings. The van der Waals surface area contributed by atoms with E-state index in [1.807, 2.05) is 30.4 Å². The second-order valence-electron chi connectivity index (χ2n) is 7.44. The standard InChI is InChI=1S/C23H32O4/c24-20(15-12-18-8-4-3-5-9-18)16-13-19-14-17-22(25)21(19)10-6-1-2-7-11-23(26)27/h1,3-6,8-9,13,16,19-22,24-25H,2,7,10-12,14-15,17H2,(H,26,27)/b6-1-,16-13?. The number of aliphatic hydroxyl groups is 2. The average Bonchev–Trinajstić information content (AvgIpc) is 3.01. The van der Waals surface area contributed by atoms with E-state index in [0.29, 0.717) is 12.8 Å². The maximum Gasteiger partial charge on any atom is 0.303 e. The van der Waals surface area contributed by atoms with Crippen LogP contribution in [0, 0.1) is 11.8 Å². The molecule has 0 saturated heterocycles. The van der Waals surface area contributed by atoms with Gasteiger partial charge in [0.05, 0.1) is 12.2 Å². The molecule has 1 aliphatic carbocycles. The van der Waals surface area contributed by atoms with Crippen LogP contribution in [-0.4, -0.2) is 33.5 Å². The number of hydrogen-bond donors (Lipinski definition) is 3. The third kappa shape index (κ3) is 8.10. The second kappa shape index (κ2) is 11.7. The van der Waals surface area contributed by atoms with Crippen LogP contribution in [0.5, 0.6) is 0 Å². The normalized spacial score (nSPS) is 24.0. The van der Waals surface area contributed by atoms with E-state index in [9.17, 15) is 15.0 Å². The Morgan fingerprint density at radius 1 is 1.19 bits per heavy atom. The van der Waals surface area contributed by atoms with Gasteiger partial charge in [0.15, 0.2) is 0 Å². The molecule has 0 bridgehead atoms. The van der Waals surface area contributed by atoms with Crippen molar-refractivity contribution in [3.63, 3.8) is 0 Å². The molecule has 0 aliphatic heterocycles. The highest BCUT2D eigenvalue weighted by atomic mass is 16.4. The zero-order valence-corrected chi connectivity index (χ0v) is 15.9. The van der Waals surface area contributed by atoms with Crippen LogP contribution in [0.4, 0.5) is 0 Å². The molecule has 0 spiro atoms. The molecular weight excluding hydrogens is 340 g/mol. The molecule has 148 valence electrons. The van der Waals surface area contributed by atoms with E-state index in [-0.39, 0.29) is 24.4 Å². The molecule has 0 heterocycles. The number of aryl methyl sites for hydroxylation is 1. The summed E-state index contributed by atoms with van der Waals surface area (Å²) in [5.74, 6) is -0.293. The lowest BCUT2D eigenvalue weighted by Gasteiger charge is -2.18. The van der Waals surface area contributed by atoms with E-state index in [2.05, 4.69) is 24.3 Å². The molecule has 2 rings (SSSR count). The van der Waals surface area contributed by atoms with E-state index in [0.717, 1.165) is 32.1 Å². The zero-order valence-electron chi connectivity index (χ0n) is 15.9. The Morgan fingerprint density at radius 2 is 1.96 bits per heavy atom. The van der Waals surface area contributed by atoms with Gasteiger partial charge < -0.3 is 15.3 Å². The van der Waals surface area contributed by atoms with Gasteiger partial charge in [-0.2, -0.15) is 0 Å². The minimum atomic E-state index is -0.759. The molecule has 1 aromatic carbocycles. The number of carboxylic acid groups (broad SMARTS) is 1. The van der Waals surface area contributed by atoms with Gasteiger partial charge in [-0.3, -0.25) is 4.79 Å². The van der Waals surface area contributed by atoms with Crippen LogP contribution in [0.25, 0.3) is 0 Å². The topological polar surface area (TPSA) is 77.8 Å². The van der Waals surface area contributed by atoms with Gasteiger partial charge in [-0.05, 0) is 62.3 Å². The fourth-order valence-corrected chi connectivity index (χ4v) is 3.72. The Bertz CT molecular complexity index is 608. The summed E-state index contributed by atoms with van der Waals surface area (Å²) < 4.78 is 0. The lowest BCUT2D eigenvalue weighted by Crippen LogP contribution is -2.17. The quantitative estimate of drug-likeness (QED) is 0.403. The minimum absolute atomic E-state index is 0.179. The van der Waals surface area contributed by atoms with Crippen LogP contribution in [-0.2, 0) is 11.2 Å². The summed E-state index contributed by atoms with van der Waals surface area (Å²) in [7, 11) is 0. The van der Waals surface area contributed by atoms with Crippen molar-refractivity contribution in [2.75, 3.05) is 0 Å². The maximum atomic E-state index is 10.5. The van der Waals surface area contributed by atoms with Crippen LogP contribution < -0.4 is 0 Å². The molecule has 4 heteroatoms. The number of aliphatic carboxylic acids is 1. The smallest absolute Gasteiger partial charge is 0.303 e. The highest BCUT2D eigenvalue weighted by Gasteiger charge is 2.32. The van der Waals surface area contributed by atoms with Gasteiger partial charge in [0.1, 0.15) is 0 Å². The Labute approximate surface area is 162 Å². The molecule has 0 radical (unpaired) electrons. The fraction of sp³-hybridized carbons (Fsp3) is 0.522. The van der Waals surface area contributed by atoms with Crippen LogP contribution in [0.3, 0.4) is 0 Å². The summed E-state index contributed by atoms with van der Waals surface area (Å²) in [4.78, 5) is 10.5. The first kappa shape index (κ1) is 21.4. The Balaban J connectivity index is 1.75. The highest BCUT2D eigenvalue weighted by Crippen LogP contribution is 2.36. The van der Waals surface area contributed by atoms with Crippen molar-refractivity contribution in [3.8, 4) is 0 Å². The van der Waals surface area contributed by atoms with Crippen molar-refractivity contribution >= 4 is 5.97 Å². The molecule has 0 amide bonds. The first-order valence-corrected chi connectivity index (χ1v) is 10.0. The molecular formula is C23H32O4. The molecule has 1 fully saturated rings. The highest BCUT2D eigenvalue weighted by molar-refractivity contribution is 5.66. The number of benzene rings is 1. The number of carbonyl (C=O) groups is 1. The molecule has 4 atom stereocenters. The third-order valence-corrected chi connectivity index (χ3v) is 5.33. The first-order valence-electron chi connectivity index (χ1n) is 10.0. The van der Waals surface area contributed by atoms with E-state index >= 15 is 0 Å². The largest absolute Gasteiger partial charge is 0.481 e. The molecule has 1 saturated carbocycles. The van der Waals surface area contributed by atoms with Crippen molar-refractivity contribution in [2.45, 2.75) is 63.6 Å². The average molecular weight is 373 g/mol. The summed E-state index contributed by atoms with van der Waals surface area (Å²) in [6, 6.07) is 10.2. The maximum absolute atomic E-state index is 10.5. The Morgan fingerprint density at radius 3 is 2.70 bits per heavy atom. The van der Waals surface area contributed by atoms with Gasteiger partial charge >= 0.3 is 5.97 Å². The third-order valence-electron chi connectivity index (χ3n) is 5.33. The molecule has 3 N–H and O–H groups in total. The SMILES string of the molecule is O=C(O)CCC/C=C\CC1C(O)CCC1C=CC(O)CCc1ccccc1.